The third-order valence-electron chi connectivity index (χ3n) is 3.38. The number of hydrogen-bond donors (Lipinski definition) is 0. The summed E-state index contributed by atoms with van der Waals surface area (Å²) in [6, 6.07) is 8.71. The van der Waals surface area contributed by atoms with Gasteiger partial charge in [0.1, 0.15) is 11.5 Å². The fourth-order valence-corrected chi connectivity index (χ4v) is 3.08. The standard InChI is InChI=1S/C14H21NOS/c1-2-17(16)11-5-9-15-10-8-13-6-3-4-7-14(13)12-15/h3-4,6-7H,2,5,8-12H2,1H3. The van der Waals surface area contributed by atoms with Crippen LogP contribution in [0.5, 0.6) is 0 Å². The van der Waals surface area contributed by atoms with Crippen LogP contribution >= 0.6 is 0 Å². The van der Waals surface area contributed by atoms with Crippen LogP contribution in [-0.2, 0) is 24.1 Å². The third-order valence-corrected chi connectivity index (χ3v) is 4.77. The molecule has 0 N–H and O–H groups in total. The average Bonchev–Trinajstić information content (AvgIpc) is 2.38. The highest BCUT2D eigenvalue weighted by atomic mass is 32.2. The van der Waals surface area contributed by atoms with Crippen molar-refractivity contribution in [1.29, 1.82) is 0 Å². The van der Waals surface area contributed by atoms with Gasteiger partial charge in [0.25, 0.3) is 0 Å². The normalized spacial score (nSPS) is 17.8. The lowest BCUT2D eigenvalue weighted by Crippen LogP contribution is -2.32. The van der Waals surface area contributed by atoms with E-state index >= 15 is 0 Å². The van der Waals surface area contributed by atoms with Gasteiger partial charge in [-0.3, -0.25) is 4.90 Å². The van der Waals surface area contributed by atoms with Crippen LogP contribution < -0.4 is 0 Å². The first-order valence-corrected chi connectivity index (χ1v) is 7.92. The van der Waals surface area contributed by atoms with Gasteiger partial charge in [-0.2, -0.15) is 0 Å². The smallest absolute Gasteiger partial charge is 0.106 e. The molecule has 0 fully saturated rings. The van der Waals surface area contributed by atoms with E-state index in [0.717, 1.165) is 44.0 Å². The van der Waals surface area contributed by atoms with Crippen LogP contribution in [0.2, 0.25) is 0 Å². The van der Waals surface area contributed by atoms with Crippen molar-refractivity contribution in [2.24, 2.45) is 0 Å². The van der Waals surface area contributed by atoms with E-state index < -0.39 is 11.2 Å². The second-order valence-corrected chi connectivity index (χ2v) is 6.45. The molecule has 1 unspecified atom stereocenters. The molecule has 0 saturated carbocycles. The third kappa shape index (κ3) is 3.73. The van der Waals surface area contributed by atoms with Crippen molar-refractivity contribution in [3.63, 3.8) is 0 Å². The quantitative estimate of drug-likeness (QED) is 0.750. The Labute approximate surface area is 107 Å². The molecular formula is C14H21NOS. The molecule has 2 nitrogen and oxygen atoms in total. The van der Waals surface area contributed by atoms with Gasteiger partial charge >= 0.3 is 0 Å². The van der Waals surface area contributed by atoms with E-state index in [4.69, 9.17) is 0 Å². The molecule has 0 aromatic heterocycles. The number of hydrogen-bond acceptors (Lipinski definition) is 2. The van der Waals surface area contributed by atoms with E-state index in [0.29, 0.717) is 0 Å². The van der Waals surface area contributed by atoms with Crippen molar-refractivity contribution in [2.45, 2.75) is 26.3 Å². The summed E-state index contributed by atoms with van der Waals surface area (Å²) in [5.41, 5.74) is 2.97. The van der Waals surface area contributed by atoms with E-state index in [9.17, 15) is 4.55 Å². The first kappa shape index (κ1) is 12.9. The van der Waals surface area contributed by atoms with Gasteiger partial charge in [0.2, 0.25) is 0 Å². The van der Waals surface area contributed by atoms with Crippen molar-refractivity contribution in [1.82, 2.24) is 4.90 Å². The monoisotopic (exact) mass is 251 g/mol. The largest absolute Gasteiger partial charge is 0.616 e. The predicted molar refractivity (Wildman–Crippen MR) is 73.6 cm³/mol. The molecule has 1 aliphatic heterocycles. The van der Waals surface area contributed by atoms with Gasteiger partial charge in [-0.15, -0.1) is 0 Å². The van der Waals surface area contributed by atoms with Gasteiger partial charge in [0.15, 0.2) is 0 Å². The summed E-state index contributed by atoms with van der Waals surface area (Å²) in [7, 11) is 0. The minimum atomic E-state index is -0.603. The zero-order valence-corrected chi connectivity index (χ0v) is 11.3. The molecule has 1 heterocycles. The van der Waals surface area contributed by atoms with Gasteiger partial charge in [-0.1, -0.05) is 35.4 Å². The molecule has 1 atom stereocenters. The van der Waals surface area contributed by atoms with Crippen LogP contribution in [0.3, 0.4) is 0 Å². The average molecular weight is 251 g/mol. The Bertz CT molecular complexity index is 356. The maximum Gasteiger partial charge on any atom is 0.106 e. The molecule has 0 radical (unpaired) electrons. The predicted octanol–water partition coefficient (Wildman–Crippen LogP) is 2.20. The fourth-order valence-electron chi connectivity index (χ4n) is 2.34. The fraction of sp³-hybridized carbons (Fsp3) is 0.571. The van der Waals surface area contributed by atoms with Crippen molar-refractivity contribution >= 4 is 11.2 Å². The highest BCUT2D eigenvalue weighted by Crippen LogP contribution is 2.18. The second-order valence-electron chi connectivity index (χ2n) is 4.58. The molecule has 0 amide bonds. The lowest BCUT2D eigenvalue weighted by atomic mass is 10.00. The summed E-state index contributed by atoms with van der Waals surface area (Å²) < 4.78 is 11.3. The van der Waals surface area contributed by atoms with Gasteiger partial charge < -0.3 is 4.55 Å². The van der Waals surface area contributed by atoms with Crippen LogP contribution in [0, 0.1) is 0 Å². The van der Waals surface area contributed by atoms with Crippen LogP contribution in [-0.4, -0.2) is 34.0 Å². The van der Waals surface area contributed by atoms with Crippen LogP contribution in [0.15, 0.2) is 24.3 Å². The molecule has 3 heteroatoms. The lowest BCUT2D eigenvalue weighted by molar-refractivity contribution is 0.255. The topological polar surface area (TPSA) is 26.3 Å². The lowest BCUT2D eigenvalue weighted by Gasteiger charge is -2.28. The van der Waals surface area contributed by atoms with Crippen molar-refractivity contribution in [2.75, 3.05) is 24.6 Å². The molecule has 0 saturated heterocycles. The molecule has 1 aromatic carbocycles. The molecule has 94 valence electrons. The summed E-state index contributed by atoms with van der Waals surface area (Å²) >= 11 is -0.603. The number of benzene rings is 1. The molecular weight excluding hydrogens is 230 g/mol. The Morgan fingerprint density at radius 3 is 2.82 bits per heavy atom. The molecule has 1 aromatic rings. The minimum Gasteiger partial charge on any atom is -0.616 e. The highest BCUT2D eigenvalue weighted by Gasteiger charge is 2.15. The zero-order chi connectivity index (χ0) is 12.1. The minimum absolute atomic E-state index is 0.603. The Kier molecular flexibility index (Phi) is 4.89. The van der Waals surface area contributed by atoms with Crippen LogP contribution in [0.25, 0.3) is 0 Å². The number of fused-ring (bicyclic) bond motifs is 1. The summed E-state index contributed by atoms with van der Waals surface area (Å²) in [6.45, 7) is 5.29. The molecule has 2 rings (SSSR count). The van der Waals surface area contributed by atoms with Crippen LogP contribution in [0.1, 0.15) is 24.5 Å². The summed E-state index contributed by atoms with van der Waals surface area (Å²) in [5, 5.41) is 0. The summed E-state index contributed by atoms with van der Waals surface area (Å²) in [5.74, 6) is 1.65. The summed E-state index contributed by atoms with van der Waals surface area (Å²) in [4.78, 5) is 2.48. The van der Waals surface area contributed by atoms with E-state index in [1.165, 1.54) is 11.1 Å². The maximum absolute atomic E-state index is 11.3. The van der Waals surface area contributed by atoms with Gasteiger partial charge in [0.05, 0.1) is 0 Å². The Morgan fingerprint density at radius 1 is 1.29 bits per heavy atom. The first-order valence-electron chi connectivity index (χ1n) is 6.43. The molecule has 0 aliphatic carbocycles. The number of nitrogens with zero attached hydrogens (tertiary/aromatic N) is 1. The summed E-state index contributed by atoms with van der Waals surface area (Å²) in [6.07, 6.45) is 2.22. The number of rotatable bonds is 5. The van der Waals surface area contributed by atoms with Crippen molar-refractivity contribution < 1.29 is 4.55 Å². The Morgan fingerprint density at radius 2 is 2.06 bits per heavy atom. The Balaban J connectivity index is 1.78. The molecule has 17 heavy (non-hydrogen) atoms. The van der Waals surface area contributed by atoms with Gasteiger partial charge in [-0.25, -0.2) is 0 Å². The van der Waals surface area contributed by atoms with Crippen molar-refractivity contribution in [3.05, 3.63) is 35.4 Å². The second kappa shape index (κ2) is 6.43. The molecule has 0 bridgehead atoms. The first-order chi connectivity index (χ1) is 8.29. The van der Waals surface area contributed by atoms with E-state index in [1.807, 2.05) is 6.92 Å². The van der Waals surface area contributed by atoms with E-state index in [-0.39, 0.29) is 0 Å². The van der Waals surface area contributed by atoms with E-state index in [2.05, 4.69) is 29.2 Å². The van der Waals surface area contributed by atoms with Gasteiger partial charge in [0, 0.05) is 26.1 Å². The SMILES string of the molecule is CC[S+]([O-])CCCN1CCc2ccccc2C1. The maximum atomic E-state index is 11.3. The zero-order valence-electron chi connectivity index (χ0n) is 10.5. The highest BCUT2D eigenvalue weighted by molar-refractivity contribution is 7.91. The van der Waals surface area contributed by atoms with Crippen molar-refractivity contribution in [3.8, 4) is 0 Å². The Hall–Kier alpha value is -0.510. The van der Waals surface area contributed by atoms with Crippen LogP contribution in [0.4, 0.5) is 0 Å². The van der Waals surface area contributed by atoms with E-state index in [1.54, 1.807) is 0 Å². The molecule has 1 aliphatic rings. The molecule has 0 spiro atoms. The van der Waals surface area contributed by atoms with Gasteiger partial charge in [-0.05, 0) is 24.5 Å².